The molecule has 2 N–H and O–H groups in total. The molecule has 1 aromatic rings. The van der Waals surface area contributed by atoms with Gasteiger partial charge in [0.2, 0.25) is 0 Å². The Hall–Kier alpha value is -1.10. The third kappa shape index (κ3) is 3.43. The van der Waals surface area contributed by atoms with Crippen molar-refractivity contribution in [1.29, 1.82) is 0 Å². The van der Waals surface area contributed by atoms with Crippen LogP contribution in [0.1, 0.15) is 12.5 Å². The predicted molar refractivity (Wildman–Crippen MR) is 66.3 cm³/mol. The van der Waals surface area contributed by atoms with E-state index in [-0.39, 0.29) is 0 Å². The van der Waals surface area contributed by atoms with E-state index in [2.05, 4.69) is 5.32 Å². The Morgan fingerprint density at radius 1 is 1.59 bits per heavy atom. The average molecular weight is 258 g/mol. The fourth-order valence-electron chi connectivity index (χ4n) is 1.50. The van der Waals surface area contributed by atoms with Crippen LogP contribution in [-0.4, -0.2) is 31.3 Å². The molecule has 1 atom stereocenters. The molecular formula is C12H16ClNO3. The number of ether oxygens (including phenoxy) is 1. The molecule has 0 fully saturated rings. The van der Waals surface area contributed by atoms with Crippen molar-refractivity contribution >= 4 is 17.6 Å². The van der Waals surface area contributed by atoms with E-state index in [0.29, 0.717) is 23.7 Å². The van der Waals surface area contributed by atoms with Crippen molar-refractivity contribution in [1.82, 2.24) is 5.32 Å². The quantitative estimate of drug-likeness (QED) is 0.764. The summed E-state index contributed by atoms with van der Waals surface area (Å²) in [6.45, 7) is 2.51. The van der Waals surface area contributed by atoms with Crippen LogP contribution >= 0.6 is 11.6 Å². The molecule has 1 rings (SSSR count). The van der Waals surface area contributed by atoms with Gasteiger partial charge < -0.3 is 9.84 Å². The maximum absolute atomic E-state index is 11.4. The molecule has 0 aliphatic heterocycles. The maximum atomic E-state index is 11.4. The highest BCUT2D eigenvalue weighted by Crippen LogP contribution is 2.23. The smallest absolute Gasteiger partial charge is 0.328 e. The number of hydrogen-bond acceptors (Lipinski definition) is 3. The minimum Gasteiger partial charge on any atom is -0.480 e. The van der Waals surface area contributed by atoms with Crippen LogP contribution in [0.3, 0.4) is 0 Å². The van der Waals surface area contributed by atoms with Gasteiger partial charge in [-0.1, -0.05) is 23.7 Å². The number of carbonyl (C=O) groups is 1. The summed E-state index contributed by atoms with van der Waals surface area (Å²) in [5.41, 5.74) is -0.544. The summed E-state index contributed by atoms with van der Waals surface area (Å²) in [6, 6.07) is 6.83. The van der Waals surface area contributed by atoms with Crippen LogP contribution in [-0.2, 0) is 15.1 Å². The molecule has 5 heteroatoms. The molecule has 0 aliphatic carbocycles. The molecule has 1 aromatic carbocycles. The number of benzene rings is 1. The Morgan fingerprint density at radius 3 is 2.82 bits per heavy atom. The van der Waals surface area contributed by atoms with E-state index >= 15 is 0 Å². The van der Waals surface area contributed by atoms with E-state index in [1.54, 1.807) is 38.3 Å². The second kappa shape index (κ2) is 6.00. The standard InChI is InChI=1S/C12H16ClNO3/c1-12(11(15)16,14-6-7-17-2)9-4-3-5-10(13)8-9/h3-5,8,14H,6-7H2,1-2H3,(H,15,16). The van der Waals surface area contributed by atoms with E-state index in [0.717, 1.165) is 0 Å². The maximum Gasteiger partial charge on any atom is 0.328 e. The summed E-state index contributed by atoms with van der Waals surface area (Å²) >= 11 is 5.87. The minimum atomic E-state index is -1.16. The lowest BCUT2D eigenvalue weighted by Gasteiger charge is -2.27. The number of carboxylic acid groups (broad SMARTS) is 1. The van der Waals surface area contributed by atoms with Crippen LogP contribution in [0, 0.1) is 0 Å². The molecule has 0 amide bonds. The van der Waals surface area contributed by atoms with Gasteiger partial charge in [0.05, 0.1) is 6.61 Å². The third-order valence-corrected chi connectivity index (χ3v) is 2.85. The van der Waals surface area contributed by atoms with E-state index in [9.17, 15) is 9.90 Å². The number of halogens is 1. The van der Waals surface area contributed by atoms with Crippen LogP contribution in [0.15, 0.2) is 24.3 Å². The first-order valence-corrected chi connectivity index (χ1v) is 5.62. The summed E-state index contributed by atoms with van der Waals surface area (Å²) in [5.74, 6) is -0.948. The first kappa shape index (κ1) is 14.0. The Morgan fingerprint density at radius 2 is 2.29 bits per heavy atom. The van der Waals surface area contributed by atoms with Gasteiger partial charge in [-0.25, -0.2) is 4.79 Å². The zero-order valence-electron chi connectivity index (χ0n) is 9.87. The van der Waals surface area contributed by atoms with Crippen LogP contribution in [0.25, 0.3) is 0 Å². The van der Waals surface area contributed by atoms with Crippen LogP contribution in [0.4, 0.5) is 0 Å². The van der Waals surface area contributed by atoms with Crippen molar-refractivity contribution in [2.75, 3.05) is 20.3 Å². The number of methoxy groups -OCH3 is 1. The zero-order chi connectivity index (χ0) is 12.9. The molecule has 17 heavy (non-hydrogen) atoms. The highest BCUT2D eigenvalue weighted by atomic mass is 35.5. The summed E-state index contributed by atoms with van der Waals surface area (Å²) in [6.07, 6.45) is 0. The third-order valence-electron chi connectivity index (χ3n) is 2.61. The molecule has 0 saturated heterocycles. The van der Waals surface area contributed by atoms with E-state index in [1.165, 1.54) is 0 Å². The molecule has 0 aliphatic rings. The van der Waals surface area contributed by atoms with Crippen molar-refractivity contribution in [3.8, 4) is 0 Å². The van der Waals surface area contributed by atoms with Gasteiger partial charge in [0.1, 0.15) is 5.54 Å². The Balaban J connectivity index is 2.95. The van der Waals surface area contributed by atoms with E-state index < -0.39 is 11.5 Å². The van der Waals surface area contributed by atoms with Gasteiger partial charge in [-0.2, -0.15) is 0 Å². The minimum absolute atomic E-state index is 0.448. The first-order chi connectivity index (χ1) is 8.00. The van der Waals surface area contributed by atoms with Gasteiger partial charge in [-0.3, -0.25) is 5.32 Å². The van der Waals surface area contributed by atoms with Gasteiger partial charge in [0, 0.05) is 18.7 Å². The molecule has 0 spiro atoms. The van der Waals surface area contributed by atoms with Crippen molar-refractivity contribution in [3.63, 3.8) is 0 Å². The topological polar surface area (TPSA) is 58.6 Å². The highest BCUT2D eigenvalue weighted by Gasteiger charge is 2.34. The molecule has 0 bridgehead atoms. The first-order valence-electron chi connectivity index (χ1n) is 5.24. The second-order valence-electron chi connectivity index (χ2n) is 3.86. The summed E-state index contributed by atoms with van der Waals surface area (Å²) < 4.78 is 4.90. The fraction of sp³-hybridized carbons (Fsp3) is 0.417. The second-order valence-corrected chi connectivity index (χ2v) is 4.30. The Labute approximate surface area is 106 Å². The summed E-state index contributed by atoms with van der Waals surface area (Å²) in [7, 11) is 1.57. The number of hydrogen-bond donors (Lipinski definition) is 2. The van der Waals surface area contributed by atoms with E-state index in [1.807, 2.05) is 0 Å². The van der Waals surface area contributed by atoms with Crippen molar-refractivity contribution < 1.29 is 14.6 Å². The average Bonchev–Trinajstić information content (AvgIpc) is 2.29. The molecule has 94 valence electrons. The van der Waals surface area contributed by atoms with Crippen molar-refractivity contribution in [3.05, 3.63) is 34.9 Å². The Kier molecular flexibility index (Phi) is 4.93. The number of aliphatic carboxylic acids is 1. The monoisotopic (exact) mass is 257 g/mol. The molecule has 4 nitrogen and oxygen atoms in total. The predicted octanol–water partition coefficient (Wildman–Crippen LogP) is 1.88. The molecule has 0 aromatic heterocycles. The van der Waals surface area contributed by atoms with E-state index in [4.69, 9.17) is 16.3 Å². The largest absolute Gasteiger partial charge is 0.480 e. The molecule has 0 saturated carbocycles. The normalized spacial score (nSPS) is 14.3. The van der Waals surface area contributed by atoms with Crippen molar-refractivity contribution in [2.45, 2.75) is 12.5 Å². The SMILES string of the molecule is COCCNC(C)(C(=O)O)c1cccc(Cl)c1. The summed E-state index contributed by atoms with van der Waals surface area (Å²) in [4.78, 5) is 11.4. The van der Waals surface area contributed by atoms with Gasteiger partial charge in [-0.15, -0.1) is 0 Å². The number of rotatable bonds is 6. The lowest BCUT2D eigenvalue weighted by Crippen LogP contribution is -2.47. The zero-order valence-corrected chi connectivity index (χ0v) is 10.6. The lowest BCUT2D eigenvalue weighted by molar-refractivity contribution is -0.144. The molecule has 1 unspecified atom stereocenters. The summed E-state index contributed by atoms with van der Waals surface area (Å²) in [5, 5.41) is 12.8. The van der Waals surface area contributed by atoms with Gasteiger partial charge in [0.25, 0.3) is 0 Å². The number of nitrogens with one attached hydrogen (secondary N) is 1. The molecule has 0 radical (unpaired) electrons. The van der Waals surface area contributed by atoms with Gasteiger partial charge >= 0.3 is 5.97 Å². The number of carboxylic acids is 1. The Bertz CT molecular complexity index is 397. The van der Waals surface area contributed by atoms with Crippen molar-refractivity contribution in [2.24, 2.45) is 0 Å². The van der Waals surface area contributed by atoms with Crippen LogP contribution < -0.4 is 5.32 Å². The lowest BCUT2D eigenvalue weighted by atomic mass is 9.92. The fourth-order valence-corrected chi connectivity index (χ4v) is 1.69. The van der Waals surface area contributed by atoms with Gasteiger partial charge in [-0.05, 0) is 24.6 Å². The van der Waals surface area contributed by atoms with Gasteiger partial charge in [0.15, 0.2) is 0 Å². The molecule has 0 heterocycles. The van der Waals surface area contributed by atoms with Crippen LogP contribution in [0.5, 0.6) is 0 Å². The molecular weight excluding hydrogens is 242 g/mol. The van der Waals surface area contributed by atoms with Crippen LogP contribution in [0.2, 0.25) is 5.02 Å². The highest BCUT2D eigenvalue weighted by molar-refractivity contribution is 6.30.